The summed E-state index contributed by atoms with van der Waals surface area (Å²) in [4.78, 5) is 19.3. The van der Waals surface area contributed by atoms with Gasteiger partial charge in [0, 0.05) is 18.3 Å². The van der Waals surface area contributed by atoms with E-state index >= 15 is 0 Å². The summed E-state index contributed by atoms with van der Waals surface area (Å²) >= 11 is 0. The Morgan fingerprint density at radius 1 is 1.15 bits per heavy atom. The molecule has 2 aliphatic rings. The van der Waals surface area contributed by atoms with Crippen molar-refractivity contribution in [2.24, 2.45) is 5.73 Å². The number of primary amides is 1. The molecular weight excluding hydrogens is 338 g/mol. The minimum absolute atomic E-state index is 0.307. The number of likely N-dealkylation sites (tertiary alicyclic amines) is 1. The smallest absolute Gasteiger partial charge is 0.244 e. The number of nitrogens with two attached hydrogens (primary N) is 1. The first-order chi connectivity index (χ1) is 13.2. The lowest BCUT2D eigenvalue weighted by atomic mass is 9.90. The lowest BCUT2D eigenvalue weighted by Gasteiger charge is -2.35. The van der Waals surface area contributed by atoms with Crippen LogP contribution in [-0.2, 0) is 16.9 Å². The number of para-hydroxylation sites is 1. The van der Waals surface area contributed by atoms with Gasteiger partial charge < -0.3 is 10.5 Å². The van der Waals surface area contributed by atoms with Crippen molar-refractivity contribution in [2.75, 3.05) is 6.54 Å². The van der Waals surface area contributed by atoms with E-state index in [1.165, 1.54) is 12.8 Å². The number of pyridine rings is 1. The Hall–Kier alpha value is -2.40. The SMILES string of the molecule is NC(=O)[C@]1(c2ccccn2)CCCN1Cc1ccccc1OC1CCCC1. The Labute approximate surface area is 160 Å². The van der Waals surface area contributed by atoms with Crippen molar-refractivity contribution in [1.82, 2.24) is 9.88 Å². The average molecular weight is 365 g/mol. The van der Waals surface area contributed by atoms with Gasteiger partial charge in [-0.1, -0.05) is 24.3 Å². The summed E-state index contributed by atoms with van der Waals surface area (Å²) in [5.41, 5.74) is 6.93. The van der Waals surface area contributed by atoms with Crippen LogP contribution in [0, 0.1) is 0 Å². The maximum Gasteiger partial charge on any atom is 0.244 e. The van der Waals surface area contributed by atoms with E-state index in [1.807, 2.05) is 36.4 Å². The highest BCUT2D eigenvalue weighted by atomic mass is 16.5. The van der Waals surface area contributed by atoms with E-state index in [0.717, 1.165) is 42.8 Å². The summed E-state index contributed by atoms with van der Waals surface area (Å²) in [6.07, 6.45) is 8.38. The van der Waals surface area contributed by atoms with Crippen molar-refractivity contribution >= 4 is 5.91 Å². The normalized spacial score (nSPS) is 23.6. The van der Waals surface area contributed by atoms with E-state index < -0.39 is 5.54 Å². The molecular formula is C22H27N3O2. The van der Waals surface area contributed by atoms with Gasteiger partial charge in [0.15, 0.2) is 0 Å². The summed E-state index contributed by atoms with van der Waals surface area (Å²) in [5.74, 6) is 0.601. The van der Waals surface area contributed by atoms with Crippen LogP contribution in [0.25, 0.3) is 0 Å². The van der Waals surface area contributed by atoms with Crippen LogP contribution in [0.3, 0.4) is 0 Å². The molecule has 2 fully saturated rings. The molecule has 1 aromatic heterocycles. The summed E-state index contributed by atoms with van der Waals surface area (Å²) in [6.45, 7) is 1.44. The lowest BCUT2D eigenvalue weighted by Crippen LogP contribution is -2.51. The summed E-state index contributed by atoms with van der Waals surface area (Å²) in [5, 5.41) is 0. The molecule has 1 amide bonds. The molecule has 27 heavy (non-hydrogen) atoms. The van der Waals surface area contributed by atoms with Crippen LogP contribution < -0.4 is 10.5 Å². The Balaban J connectivity index is 1.62. The first-order valence-electron chi connectivity index (χ1n) is 9.91. The molecule has 1 aromatic carbocycles. The third-order valence-corrected chi connectivity index (χ3v) is 5.93. The molecule has 142 valence electrons. The Kier molecular flexibility index (Phi) is 5.12. The molecule has 0 radical (unpaired) electrons. The fraction of sp³-hybridized carbons (Fsp3) is 0.455. The van der Waals surface area contributed by atoms with Crippen LogP contribution in [0.4, 0.5) is 0 Å². The molecule has 4 rings (SSSR count). The number of hydrogen-bond acceptors (Lipinski definition) is 4. The van der Waals surface area contributed by atoms with Gasteiger partial charge in [-0.2, -0.15) is 0 Å². The fourth-order valence-corrected chi connectivity index (χ4v) is 4.53. The number of carbonyl (C=O) groups is 1. The van der Waals surface area contributed by atoms with Crippen LogP contribution in [0.5, 0.6) is 5.75 Å². The maximum atomic E-state index is 12.6. The topological polar surface area (TPSA) is 68.5 Å². The van der Waals surface area contributed by atoms with Gasteiger partial charge in [-0.05, 0) is 63.3 Å². The van der Waals surface area contributed by atoms with Gasteiger partial charge in [0.25, 0.3) is 0 Å². The molecule has 0 spiro atoms. The first kappa shape index (κ1) is 18.0. The van der Waals surface area contributed by atoms with Crippen LogP contribution in [-0.4, -0.2) is 28.4 Å². The van der Waals surface area contributed by atoms with Crippen LogP contribution in [0.2, 0.25) is 0 Å². The lowest BCUT2D eigenvalue weighted by molar-refractivity contribution is -0.129. The standard InChI is InChI=1S/C22H27N3O2/c23-21(26)22(20-12-5-6-14-24-20)13-7-15-25(22)16-17-8-1-4-11-19(17)27-18-9-2-3-10-18/h1,4-6,8,11-12,14,18H,2-3,7,9-10,13,15-16H2,(H2,23,26)/t22-/m1/s1. The fourth-order valence-electron chi connectivity index (χ4n) is 4.53. The van der Waals surface area contributed by atoms with E-state index in [2.05, 4.69) is 16.0 Å². The molecule has 1 saturated carbocycles. The van der Waals surface area contributed by atoms with Crippen LogP contribution in [0.1, 0.15) is 49.8 Å². The van der Waals surface area contributed by atoms with Gasteiger partial charge in [-0.3, -0.25) is 14.7 Å². The van der Waals surface area contributed by atoms with E-state index in [0.29, 0.717) is 19.1 Å². The largest absolute Gasteiger partial charge is 0.490 e. The second kappa shape index (κ2) is 7.69. The molecule has 2 aromatic rings. The van der Waals surface area contributed by atoms with E-state index in [1.54, 1.807) is 6.20 Å². The minimum Gasteiger partial charge on any atom is -0.490 e. The highest BCUT2D eigenvalue weighted by molar-refractivity contribution is 5.86. The number of nitrogens with zero attached hydrogens (tertiary/aromatic N) is 2. The molecule has 0 unspecified atom stereocenters. The third-order valence-electron chi connectivity index (χ3n) is 5.93. The monoisotopic (exact) mass is 365 g/mol. The number of amides is 1. The Morgan fingerprint density at radius 2 is 1.93 bits per heavy atom. The highest BCUT2D eigenvalue weighted by Gasteiger charge is 2.48. The molecule has 1 aliphatic heterocycles. The molecule has 2 N–H and O–H groups in total. The quantitative estimate of drug-likeness (QED) is 0.852. The van der Waals surface area contributed by atoms with Crippen molar-refractivity contribution in [3.8, 4) is 5.75 Å². The Bertz CT molecular complexity index is 789. The highest BCUT2D eigenvalue weighted by Crippen LogP contribution is 2.40. The maximum absolute atomic E-state index is 12.6. The third kappa shape index (κ3) is 3.44. The van der Waals surface area contributed by atoms with Gasteiger partial charge in [0.1, 0.15) is 11.3 Å². The number of hydrogen-bond donors (Lipinski definition) is 1. The van der Waals surface area contributed by atoms with Gasteiger partial charge in [0.05, 0.1) is 11.8 Å². The molecule has 5 heteroatoms. The number of carbonyl (C=O) groups excluding carboxylic acids is 1. The molecule has 0 bridgehead atoms. The van der Waals surface area contributed by atoms with E-state index in [4.69, 9.17) is 10.5 Å². The number of rotatable bonds is 6. The summed E-state index contributed by atoms with van der Waals surface area (Å²) < 4.78 is 6.29. The van der Waals surface area contributed by atoms with Crippen molar-refractivity contribution in [2.45, 2.75) is 56.7 Å². The van der Waals surface area contributed by atoms with Gasteiger partial charge in [-0.15, -0.1) is 0 Å². The zero-order chi connectivity index (χ0) is 18.7. The molecule has 1 atom stereocenters. The zero-order valence-corrected chi connectivity index (χ0v) is 15.6. The zero-order valence-electron chi connectivity index (χ0n) is 15.6. The molecule has 2 heterocycles. The number of benzene rings is 1. The number of aromatic nitrogens is 1. The Morgan fingerprint density at radius 3 is 2.67 bits per heavy atom. The average Bonchev–Trinajstić information content (AvgIpc) is 3.34. The molecule has 1 aliphatic carbocycles. The van der Waals surface area contributed by atoms with E-state index in [-0.39, 0.29) is 5.91 Å². The van der Waals surface area contributed by atoms with E-state index in [9.17, 15) is 4.79 Å². The molecule has 1 saturated heterocycles. The van der Waals surface area contributed by atoms with Crippen LogP contribution in [0.15, 0.2) is 48.7 Å². The second-order valence-corrected chi connectivity index (χ2v) is 7.60. The predicted octanol–water partition coefficient (Wildman–Crippen LogP) is 3.38. The minimum atomic E-state index is -0.846. The van der Waals surface area contributed by atoms with Crippen molar-refractivity contribution < 1.29 is 9.53 Å². The number of ether oxygens (including phenoxy) is 1. The van der Waals surface area contributed by atoms with Gasteiger partial charge in [0.2, 0.25) is 5.91 Å². The van der Waals surface area contributed by atoms with Crippen molar-refractivity contribution in [3.05, 3.63) is 59.9 Å². The van der Waals surface area contributed by atoms with Gasteiger partial charge >= 0.3 is 0 Å². The van der Waals surface area contributed by atoms with Crippen molar-refractivity contribution in [1.29, 1.82) is 0 Å². The van der Waals surface area contributed by atoms with Crippen molar-refractivity contribution in [3.63, 3.8) is 0 Å². The van der Waals surface area contributed by atoms with Gasteiger partial charge in [-0.25, -0.2) is 0 Å². The molecule has 5 nitrogen and oxygen atoms in total. The first-order valence-corrected chi connectivity index (χ1v) is 9.91. The summed E-state index contributed by atoms with van der Waals surface area (Å²) in [7, 11) is 0. The second-order valence-electron chi connectivity index (χ2n) is 7.60. The predicted molar refractivity (Wildman–Crippen MR) is 104 cm³/mol. The van der Waals surface area contributed by atoms with Crippen LogP contribution >= 0.6 is 0 Å². The summed E-state index contributed by atoms with van der Waals surface area (Å²) in [6, 6.07) is 13.9.